The number of pyridine rings is 1. The number of esters is 1. The van der Waals surface area contributed by atoms with Crippen molar-refractivity contribution in [3.63, 3.8) is 0 Å². The monoisotopic (exact) mass is 246 g/mol. The van der Waals surface area contributed by atoms with Crippen LogP contribution in [-0.4, -0.2) is 23.7 Å². The number of nitrogens with zero attached hydrogens (tertiary/aromatic N) is 2. The normalized spacial score (nSPS) is 13.6. The molecule has 0 aromatic carbocycles. The Balaban J connectivity index is 3.05. The van der Waals surface area contributed by atoms with Crippen molar-refractivity contribution in [2.45, 2.75) is 26.4 Å². The zero-order valence-corrected chi connectivity index (χ0v) is 11.0. The number of ether oxygens (including phenoxy) is 1. The first-order valence-corrected chi connectivity index (χ1v) is 5.90. The van der Waals surface area contributed by atoms with Crippen molar-refractivity contribution in [2.24, 2.45) is 4.99 Å². The van der Waals surface area contributed by atoms with Gasteiger partial charge in [0.15, 0.2) is 6.10 Å². The molecule has 0 fully saturated rings. The fraction of sp³-hybridized carbons (Fsp3) is 0.357. The summed E-state index contributed by atoms with van der Waals surface area (Å²) < 4.78 is 5.30. The van der Waals surface area contributed by atoms with E-state index in [1.807, 2.05) is 37.3 Å². The topological polar surface area (TPSA) is 51.5 Å². The third kappa shape index (κ3) is 4.13. The largest absolute Gasteiger partial charge is 0.449 e. The number of aliphatic imine (C=N–C) groups is 1. The van der Waals surface area contributed by atoms with Crippen molar-refractivity contribution < 1.29 is 9.53 Å². The van der Waals surface area contributed by atoms with E-state index < -0.39 is 6.10 Å². The van der Waals surface area contributed by atoms with Crippen LogP contribution in [0.3, 0.4) is 0 Å². The number of allylic oxidation sites excluding steroid dienone is 1. The van der Waals surface area contributed by atoms with Crippen LogP contribution in [0.1, 0.15) is 32.1 Å². The highest BCUT2D eigenvalue weighted by atomic mass is 16.5. The molecule has 1 atom stereocenters. The smallest absolute Gasteiger partial charge is 0.303 e. The summed E-state index contributed by atoms with van der Waals surface area (Å²) in [7, 11) is 1.68. The zero-order valence-electron chi connectivity index (χ0n) is 11.0. The maximum Gasteiger partial charge on any atom is 0.303 e. The van der Waals surface area contributed by atoms with Crippen LogP contribution in [0.5, 0.6) is 0 Å². The van der Waals surface area contributed by atoms with Crippen LogP contribution in [0.4, 0.5) is 0 Å². The maximum absolute atomic E-state index is 11.2. The second-order valence-corrected chi connectivity index (χ2v) is 3.70. The summed E-state index contributed by atoms with van der Waals surface area (Å²) in [5.41, 5.74) is 1.36. The molecule has 0 radical (unpaired) electrons. The number of hydrogen-bond donors (Lipinski definition) is 0. The molecule has 0 saturated carbocycles. The third-order valence-corrected chi connectivity index (χ3v) is 2.29. The Morgan fingerprint density at radius 1 is 1.56 bits per heavy atom. The fourth-order valence-corrected chi connectivity index (χ4v) is 1.49. The number of hydrogen-bond acceptors (Lipinski definition) is 4. The predicted octanol–water partition coefficient (Wildman–Crippen LogP) is 2.72. The average Bonchev–Trinajstić information content (AvgIpc) is 2.39. The maximum atomic E-state index is 11.2. The molecule has 1 aromatic heterocycles. The highest BCUT2D eigenvalue weighted by Gasteiger charge is 2.20. The van der Waals surface area contributed by atoms with E-state index >= 15 is 0 Å². The first-order chi connectivity index (χ1) is 8.69. The number of rotatable bonds is 5. The minimum Gasteiger partial charge on any atom is -0.449 e. The van der Waals surface area contributed by atoms with Crippen molar-refractivity contribution in [2.75, 3.05) is 7.05 Å². The number of carbonyl (C=O) groups is 1. The number of aromatic nitrogens is 1. The molecule has 96 valence electrons. The quantitative estimate of drug-likeness (QED) is 0.593. The highest BCUT2D eigenvalue weighted by molar-refractivity contribution is 5.99. The minimum absolute atomic E-state index is 0.350. The Labute approximate surface area is 107 Å². The van der Waals surface area contributed by atoms with Crippen molar-refractivity contribution in [1.82, 2.24) is 4.98 Å². The molecule has 1 rings (SSSR count). The number of carbonyl (C=O) groups excluding carboxylic acids is 1. The molecule has 0 spiro atoms. The first kappa shape index (κ1) is 14.1. The molecular weight excluding hydrogens is 228 g/mol. The Hall–Kier alpha value is -1.97. The summed E-state index contributed by atoms with van der Waals surface area (Å²) >= 11 is 0. The molecule has 1 heterocycles. The zero-order chi connectivity index (χ0) is 13.4. The van der Waals surface area contributed by atoms with Gasteiger partial charge in [0.1, 0.15) is 0 Å². The summed E-state index contributed by atoms with van der Waals surface area (Å²) in [5.74, 6) is -0.350. The van der Waals surface area contributed by atoms with Crippen LogP contribution in [0.25, 0.3) is 0 Å². The van der Waals surface area contributed by atoms with Crippen molar-refractivity contribution >= 4 is 11.7 Å². The summed E-state index contributed by atoms with van der Waals surface area (Å²) in [5, 5.41) is 0. The lowest BCUT2D eigenvalue weighted by Gasteiger charge is -2.16. The summed E-state index contributed by atoms with van der Waals surface area (Å²) in [6, 6.07) is 5.49. The summed E-state index contributed by atoms with van der Waals surface area (Å²) in [4.78, 5) is 19.6. The Kier molecular flexibility index (Phi) is 5.77. The van der Waals surface area contributed by atoms with Gasteiger partial charge in [0.25, 0.3) is 0 Å². The lowest BCUT2D eigenvalue weighted by molar-refractivity contribution is -0.143. The summed E-state index contributed by atoms with van der Waals surface area (Å²) in [6.45, 7) is 3.41. The Bertz CT molecular complexity index is 438. The minimum atomic E-state index is -0.545. The van der Waals surface area contributed by atoms with Crippen LogP contribution in [-0.2, 0) is 9.53 Å². The van der Waals surface area contributed by atoms with E-state index in [1.54, 1.807) is 13.2 Å². The van der Waals surface area contributed by atoms with Gasteiger partial charge in [0.2, 0.25) is 0 Å². The lowest BCUT2D eigenvalue weighted by Crippen LogP contribution is -2.18. The molecule has 18 heavy (non-hydrogen) atoms. The SMILES string of the molecule is CC/C=C\C(=NC)C(OC(C)=O)c1ccccn1. The van der Waals surface area contributed by atoms with Crippen LogP contribution >= 0.6 is 0 Å². The molecular formula is C14H18N2O2. The average molecular weight is 246 g/mol. The van der Waals surface area contributed by atoms with E-state index in [2.05, 4.69) is 9.98 Å². The van der Waals surface area contributed by atoms with Crippen LogP contribution < -0.4 is 0 Å². The highest BCUT2D eigenvalue weighted by Crippen LogP contribution is 2.18. The predicted molar refractivity (Wildman–Crippen MR) is 71.5 cm³/mol. The van der Waals surface area contributed by atoms with Crippen LogP contribution in [0.15, 0.2) is 41.5 Å². The van der Waals surface area contributed by atoms with Gasteiger partial charge in [-0.2, -0.15) is 0 Å². The van der Waals surface area contributed by atoms with Gasteiger partial charge in [0, 0.05) is 20.2 Å². The van der Waals surface area contributed by atoms with Gasteiger partial charge in [0.05, 0.1) is 11.4 Å². The Morgan fingerprint density at radius 3 is 2.83 bits per heavy atom. The van der Waals surface area contributed by atoms with E-state index in [4.69, 9.17) is 4.74 Å². The molecule has 1 aromatic rings. The molecule has 4 nitrogen and oxygen atoms in total. The molecule has 0 aliphatic carbocycles. The second kappa shape index (κ2) is 7.37. The van der Waals surface area contributed by atoms with Gasteiger partial charge in [-0.1, -0.05) is 19.1 Å². The molecule has 0 saturated heterocycles. The van der Waals surface area contributed by atoms with Gasteiger partial charge < -0.3 is 4.74 Å². The molecule has 0 aliphatic rings. The van der Waals surface area contributed by atoms with Gasteiger partial charge in [-0.25, -0.2) is 0 Å². The third-order valence-electron chi connectivity index (χ3n) is 2.29. The van der Waals surface area contributed by atoms with Gasteiger partial charge in [-0.05, 0) is 24.6 Å². The standard InChI is InChI=1S/C14H18N2O2/c1-4-5-8-12(15-3)14(18-11(2)17)13-9-6-7-10-16-13/h5-10,14H,4H2,1-3H3/b8-5-,15-12?. The van der Waals surface area contributed by atoms with Crippen LogP contribution in [0.2, 0.25) is 0 Å². The van der Waals surface area contributed by atoms with E-state index in [0.717, 1.165) is 6.42 Å². The van der Waals surface area contributed by atoms with Crippen molar-refractivity contribution in [3.05, 3.63) is 42.2 Å². The van der Waals surface area contributed by atoms with Crippen LogP contribution in [0, 0.1) is 0 Å². The molecule has 0 N–H and O–H groups in total. The fourth-order valence-electron chi connectivity index (χ4n) is 1.49. The van der Waals surface area contributed by atoms with E-state index in [0.29, 0.717) is 11.4 Å². The van der Waals surface area contributed by atoms with Crippen molar-refractivity contribution in [1.29, 1.82) is 0 Å². The second-order valence-electron chi connectivity index (χ2n) is 3.70. The van der Waals surface area contributed by atoms with Crippen molar-refractivity contribution in [3.8, 4) is 0 Å². The molecule has 4 heteroatoms. The molecule has 1 unspecified atom stereocenters. The van der Waals surface area contributed by atoms with Gasteiger partial charge >= 0.3 is 5.97 Å². The lowest BCUT2D eigenvalue weighted by atomic mass is 10.1. The first-order valence-electron chi connectivity index (χ1n) is 5.90. The Morgan fingerprint density at radius 2 is 2.33 bits per heavy atom. The van der Waals surface area contributed by atoms with E-state index in [-0.39, 0.29) is 5.97 Å². The summed E-state index contributed by atoms with van der Waals surface area (Å²) in [6.07, 6.45) is 5.86. The van der Waals surface area contributed by atoms with E-state index in [9.17, 15) is 4.79 Å². The molecule has 0 amide bonds. The van der Waals surface area contributed by atoms with E-state index in [1.165, 1.54) is 6.92 Å². The molecule has 0 bridgehead atoms. The van der Waals surface area contributed by atoms with Gasteiger partial charge in [-0.15, -0.1) is 0 Å². The molecule has 0 aliphatic heterocycles. The van der Waals surface area contributed by atoms with Gasteiger partial charge in [-0.3, -0.25) is 14.8 Å².